The second kappa shape index (κ2) is 8.28. The first-order valence-corrected chi connectivity index (χ1v) is 10.0. The van der Waals surface area contributed by atoms with E-state index in [2.05, 4.69) is 16.1 Å². The molecule has 3 aromatic rings. The molecule has 0 bridgehead atoms. The van der Waals surface area contributed by atoms with Crippen molar-refractivity contribution in [2.45, 2.75) is 26.8 Å². The zero-order valence-corrected chi connectivity index (χ0v) is 17.5. The number of rotatable bonds is 4. The van der Waals surface area contributed by atoms with Crippen molar-refractivity contribution >= 4 is 23.5 Å². The summed E-state index contributed by atoms with van der Waals surface area (Å²) in [5.74, 6) is -0.534. The predicted octanol–water partition coefficient (Wildman–Crippen LogP) is 3.28. The van der Waals surface area contributed by atoms with Crippen LogP contribution in [0.15, 0.2) is 42.5 Å². The quantitative estimate of drug-likeness (QED) is 0.600. The number of fused-ring (bicyclic) bond motifs is 1. The van der Waals surface area contributed by atoms with Gasteiger partial charge in [0.1, 0.15) is 0 Å². The first kappa shape index (κ1) is 20.1. The summed E-state index contributed by atoms with van der Waals surface area (Å²) in [6, 6.07) is 13.2. The summed E-state index contributed by atoms with van der Waals surface area (Å²) in [4.78, 5) is 31.1. The molecule has 7 nitrogen and oxygen atoms in total. The SMILES string of the molecule is Cc1cc(C)n(-c2ccc(Cl)c(C(=O)OCC(=O)N3CCc4ccccc4C3)n2)n1. The van der Waals surface area contributed by atoms with E-state index < -0.39 is 5.97 Å². The first-order valence-electron chi connectivity index (χ1n) is 9.64. The van der Waals surface area contributed by atoms with Crippen molar-refractivity contribution in [1.29, 1.82) is 0 Å². The topological polar surface area (TPSA) is 77.3 Å². The Morgan fingerprint density at radius 3 is 2.63 bits per heavy atom. The van der Waals surface area contributed by atoms with Gasteiger partial charge in [-0.2, -0.15) is 5.10 Å². The molecule has 1 amide bonds. The van der Waals surface area contributed by atoms with Gasteiger partial charge in [-0.25, -0.2) is 14.5 Å². The van der Waals surface area contributed by atoms with Crippen LogP contribution in [-0.2, 0) is 22.5 Å². The number of nitrogens with zero attached hydrogens (tertiary/aromatic N) is 4. The van der Waals surface area contributed by atoms with E-state index in [0.29, 0.717) is 18.9 Å². The molecule has 2 aromatic heterocycles. The summed E-state index contributed by atoms with van der Waals surface area (Å²) in [6.45, 7) is 4.52. The Hall–Kier alpha value is -3.19. The number of carbonyl (C=O) groups excluding carboxylic acids is 2. The van der Waals surface area contributed by atoms with Crippen molar-refractivity contribution in [3.05, 3.63) is 75.7 Å². The van der Waals surface area contributed by atoms with Crippen molar-refractivity contribution < 1.29 is 14.3 Å². The third kappa shape index (κ3) is 4.07. The van der Waals surface area contributed by atoms with Crippen LogP contribution in [0.1, 0.15) is 33.0 Å². The number of esters is 1. The lowest BCUT2D eigenvalue weighted by Gasteiger charge is -2.28. The molecule has 0 unspecified atom stereocenters. The molecule has 30 heavy (non-hydrogen) atoms. The number of halogens is 1. The summed E-state index contributed by atoms with van der Waals surface area (Å²) in [7, 11) is 0. The maximum atomic E-state index is 12.6. The van der Waals surface area contributed by atoms with E-state index in [4.69, 9.17) is 16.3 Å². The van der Waals surface area contributed by atoms with E-state index in [1.165, 1.54) is 5.56 Å². The predicted molar refractivity (Wildman–Crippen MR) is 112 cm³/mol. The molecule has 1 aromatic carbocycles. The first-order chi connectivity index (χ1) is 14.4. The Morgan fingerprint density at radius 1 is 1.13 bits per heavy atom. The molecule has 0 saturated carbocycles. The van der Waals surface area contributed by atoms with Crippen LogP contribution in [0.5, 0.6) is 0 Å². The summed E-state index contributed by atoms with van der Waals surface area (Å²) in [6.07, 6.45) is 0.786. The van der Waals surface area contributed by atoms with Gasteiger partial charge in [0.25, 0.3) is 5.91 Å². The Kier molecular flexibility index (Phi) is 5.55. The highest BCUT2D eigenvalue weighted by Gasteiger charge is 2.23. The van der Waals surface area contributed by atoms with Crippen LogP contribution in [0.4, 0.5) is 0 Å². The van der Waals surface area contributed by atoms with E-state index in [0.717, 1.165) is 23.4 Å². The third-order valence-electron chi connectivity index (χ3n) is 5.06. The summed E-state index contributed by atoms with van der Waals surface area (Å²) < 4.78 is 6.86. The van der Waals surface area contributed by atoms with Gasteiger partial charge < -0.3 is 9.64 Å². The zero-order valence-electron chi connectivity index (χ0n) is 16.8. The van der Waals surface area contributed by atoms with Crippen LogP contribution in [0, 0.1) is 13.8 Å². The summed E-state index contributed by atoms with van der Waals surface area (Å²) in [5, 5.41) is 4.52. The lowest BCUT2D eigenvalue weighted by molar-refractivity contribution is -0.135. The van der Waals surface area contributed by atoms with Crippen LogP contribution in [0.25, 0.3) is 5.82 Å². The summed E-state index contributed by atoms with van der Waals surface area (Å²) >= 11 is 6.16. The molecule has 1 aliphatic heterocycles. The van der Waals surface area contributed by atoms with Crippen LogP contribution in [-0.4, -0.2) is 44.7 Å². The average Bonchev–Trinajstić information content (AvgIpc) is 3.09. The van der Waals surface area contributed by atoms with Gasteiger partial charge >= 0.3 is 5.97 Å². The van der Waals surface area contributed by atoms with Gasteiger partial charge in [0, 0.05) is 18.8 Å². The minimum atomic E-state index is -0.742. The number of carbonyl (C=O) groups is 2. The minimum Gasteiger partial charge on any atom is -0.451 e. The largest absolute Gasteiger partial charge is 0.451 e. The second-order valence-electron chi connectivity index (χ2n) is 7.25. The number of hydrogen-bond acceptors (Lipinski definition) is 5. The minimum absolute atomic E-state index is 0.0430. The molecule has 4 rings (SSSR count). The van der Waals surface area contributed by atoms with Gasteiger partial charge in [-0.05, 0) is 49.6 Å². The molecule has 0 radical (unpaired) electrons. The molecule has 1 aliphatic rings. The van der Waals surface area contributed by atoms with Crippen molar-refractivity contribution in [1.82, 2.24) is 19.7 Å². The second-order valence-corrected chi connectivity index (χ2v) is 7.66. The molecular weight excluding hydrogens is 404 g/mol. The fourth-order valence-corrected chi connectivity index (χ4v) is 3.73. The monoisotopic (exact) mass is 424 g/mol. The normalized spacial score (nSPS) is 13.1. The highest BCUT2D eigenvalue weighted by molar-refractivity contribution is 6.33. The van der Waals surface area contributed by atoms with E-state index in [1.54, 1.807) is 21.7 Å². The van der Waals surface area contributed by atoms with Crippen molar-refractivity contribution in [3.8, 4) is 5.82 Å². The van der Waals surface area contributed by atoms with Crippen LogP contribution in [0.3, 0.4) is 0 Å². The van der Waals surface area contributed by atoms with E-state index in [1.807, 2.05) is 38.1 Å². The van der Waals surface area contributed by atoms with Crippen LogP contribution in [0.2, 0.25) is 5.02 Å². The molecule has 3 heterocycles. The lowest BCUT2D eigenvalue weighted by atomic mass is 10.00. The number of amides is 1. The van der Waals surface area contributed by atoms with Gasteiger partial charge in [-0.1, -0.05) is 35.9 Å². The van der Waals surface area contributed by atoms with Crippen molar-refractivity contribution in [2.75, 3.05) is 13.2 Å². The molecule has 0 fully saturated rings. The van der Waals surface area contributed by atoms with Crippen LogP contribution < -0.4 is 0 Å². The Balaban J connectivity index is 1.43. The fourth-order valence-electron chi connectivity index (χ4n) is 3.55. The van der Waals surface area contributed by atoms with E-state index >= 15 is 0 Å². The third-order valence-corrected chi connectivity index (χ3v) is 5.37. The van der Waals surface area contributed by atoms with Gasteiger partial charge in [-0.3, -0.25) is 4.79 Å². The Labute approximate surface area is 179 Å². The molecule has 0 aliphatic carbocycles. The highest BCUT2D eigenvalue weighted by Crippen LogP contribution is 2.20. The number of aryl methyl sites for hydroxylation is 2. The van der Waals surface area contributed by atoms with E-state index in [9.17, 15) is 9.59 Å². The smallest absolute Gasteiger partial charge is 0.359 e. The number of benzene rings is 1. The molecule has 0 N–H and O–H groups in total. The molecule has 0 atom stereocenters. The highest BCUT2D eigenvalue weighted by atomic mass is 35.5. The Bertz CT molecular complexity index is 1130. The fraction of sp³-hybridized carbons (Fsp3) is 0.273. The lowest BCUT2D eigenvalue weighted by Crippen LogP contribution is -2.38. The number of pyridine rings is 1. The van der Waals surface area contributed by atoms with E-state index in [-0.39, 0.29) is 23.2 Å². The van der Waals surface area contributed by atoms with Gasteiger partial charge in [0.05, 0.1) is 10.7 Å². The van der Waals surface area contributed by atoms with Gasteiger partial charge in [-0.15, -0.1) is 0 Å². The van der Waals surface area contributed by atoms with Gasteiger partial charge in [0.15, 0.2) is 18.1 Å². The van der Waals surface area contributed by atoms with Gasteiger partial charge in [0.2, 0.25) is 0 Å². The average molecular weight is 425 g/mol. The van der Waals surface area contributed by atoms with Crippen molar-refractivity contribution in [2.24, 2.45) is 0 Å². The van der Waals surface area contributed by atoms with Crippen molar-refractivity contribution in [3.63, 3.8) is 0 Å². The molecule has 154 valence electrons. The van der Waals surface area contributed by atoms with Crippen LogP contribution >= 0.6 is 11.6 Å². The molecule has 0 saturated heterocycles. The zero-order chi connectivity index (χ0) is 21.3. The molecular formula is C22H21ClN4O3. The standard InChI is InChI=1S/C22H21ClN4O3/c1-14-11-15(2)27(25-14)19-8-7-18(23)21(24-19)22(29)30-13-20(28)26-10-9-16-5-3-4-6-17(16)12-26/h3-8,11H,9-10,12-13H2,1-2H3. The Morgan fingerprint density at radius 2 is 1.90 bits per heavy atom. The maximum absolute atomic E-state index is 12.6. The molecule has 0 spiro atoms. The maximum Gasteiger partial charge on any atom is 0.359 e. The number of hydrogen-bond donors (Lipinski definition) is 0. The number of aromatic nitrogens is 3. The number of ether oxygens (including phenoxy) is 1. The molecule has 8 heteroatoms. The summed E-state index contributed by atoms with van der Waals surface area (Å²) in [5.41, 5.74) is 4.03.